The lowest BCUT2D eigenvalue weighted by Gasteiger charge is -2.38. The van der Waals surface area contributed by atoms with E-state index in [1.54, 1.807) is 4.90 Å². The molecule has 2 saturated heterocycles. The maximum Gasteiger partial charge on any atom is 0.416 e. The number of hydrogen-bond donors (Lipinski definition) is 1. The molecule has 1 saturated carbocycles. The molecule has 2 aromatic heterocycles. The van der Waals surface area contributed by atoms with E-state index in [2.05, 4.69) is 99.4 Å². The number of amides is 1. The smallest absolute Gasteiger partial charge is 0.416 e. The molecule has 0 radical (unpaired) electrons. The monoisotopic (exact) mass is 639 g/mol. The van der Waals surface area contributed by atoms with Crippen molar-refractivity contribution in [1.82, 2.24) is 19.9 Å². The minimum absolute atomic E-state index is 0.337. The van der Waals surface area contributed by atoms with Gasteiger partial charge >= 0.3 is 6.09 Å². The summed E-state index contributed by atoms with van der Waals surface area (Å²) in [6.45, 7) is 18.5. The van der Waals surface area contributed by atoms with E-state index in [-0.39, 0.29) is 11.6 Å². The van der Waals surface area contributed by atoms with Crippen LogP contribution in [0.5, 0.6) is 0 Å². The predicted octanol–water partition coefficient (Wildman–Crippen LogP) is 7.36. The third-order valence-corrected chi connectivity index (χ3v) is 17.0. The lowest BCUT2D eigenvalue weighted by molar-refractivity contribution is 0.173. The highest BCUT2D eigenvalue weighted by Gasteiger charge is 2.50. The maximum atomic E-state index is 13.2. The van der Waals surface area contributed by atoms with Gasteiger partial charge in [0.05, 0.1) is 10.9 Å². The number of nitrogens with zero attached hydrogens (tertiary/aromatic N) is 6. The second-order valence-electron chi connectivity index (χ2n) is 14.4. The van der Waals surface area contributed by atoms with Crippen molar-refractivity contribution in [1.29, 1.82) is 0 Å². The summed E-state index contributed by atoms with van der Waals surface area (Å²) in [6, 6.07) is 10.4. The summed E-state index contributed by atoms with van der Waals surface area (Å²) in [5.74, 6) is 4.64. The van der Waals surface area contributed by atoms with E-state index in [9.17, 15) is 4.79 Å². The molecule has 0 unspecified atom stereocenters. The molecule has 46 heavy (non-hydrogen) atoms. The van der Waals surface area contributed by atoms with Crippen LogP contribution in [0.15, 0.2) is 36.5 Å². The topological polar surface area (TPSA) is 86.7 Å². The Morgan fingerprint density at radius 3 is 2.22 bits per heavy atom. The number of rotatable bonds is 7. The zero-order valence-corrected chi connectivity index (χ0v) is 29.6. The summed E-state index contributed by atoms with van der Waals surface area (Å²) >= 11 is 0. The third kappa shape index (κ3) is 5.95. The first-order valence-electron chi connectivity index (χ1n) is 17.0. The molecule has 2 aliphatic heterocycles. The number of carbonyl (C=O) groups excluding carboxylic acids is 1. The molecule has 4 heterocycles. The number of likely N-dealkylation sites (N-methyl/N-ethyl adjacent to an activating group) is 1. The number of ether oxygens (including phenoxy) is 1. The van der Waals surface area contributed by atoms with Gasteiger partial charge in [-0.3, -0.25) is 4.90 Å². The van der Waals surface area contributed by atoms with Gasteiger partial charge in [0.15, 0.2) is 5.65 Å². The number of benzene rings is 1. The molecule has 0 bridgehead atoms. The zero-order valence-electron chi connectivity index (χ0n) is 28.6. The third-order valence-electron chi connectivity index (χ3n) is 10.7. The molecular formula is C36H49N7O2Si. The van der Waals surface area contributed by atoms with Gasteiger partial charge in [0, 0.05) is 49.3 Å². The van der Waals surface area contributed by atoms with E-state index < -0.39 is 8.07 Å². The zero-order chi connectivity index (χ0) is 32.6. The Hall–Kier alpha value is -3.68. The summed E-state index contributed by atoms with van der Waals surface area (Å²) in [6.07, 6.45) is 5.44. The van der Waals surface area contributed by atoms with E-state index in [4.69, 9.17) is 19.7 Å². The second-order valence-corrected chi connectivity index (χ2v) is 20.0. The van der Waals surface area contributed by atoms with E-state index in [1.807, 2.05) is 12.3 Å². The minimum Gasteiger partial charge on any atom is -0.447 e. The second kappa shape index (κ2) is 12.8. The fraction of sp³-hybridized carbons (Fsp3) is 0.556. The Morgan fingerprint density at radius 2 is 1.59 bits per heavy atom. The summed E-state index contributed by atoms with van der Waals surface area (Å²) in [5.41, 5.74) is 8.47. The number of anilines is 4. The summed E-state index contributed by atoms with van der Waals surface area (Å²) in [5, 5.41) is 4.17. The van der Waals surface area contributed by atoms with Crippen LogP contribution in [0, 0.1) is 11.5 Å². The molecule has 1 spiro atoms. The molecule has 3 aromatic rings. The quantitative estimate of drug-likeness (QED) is 0.212. The van der Waals surface area contributed by atoms with Crippen molar-refractivity contribution in [2.75, 3.05) is 55.0 Å². The molecule has 3 fully saturated rings. The number of piperazine rings is 1. The van der Waals surface area contributed by atoms with Crippen molar-refractivity contribution in [3.63, 3.8) is 0 Å². The molecule has 1 aromatic carbocycles. The van der Waals surface area contributed by atoms with Gasteiger partial charge in [0.2, 0.25) is 5.95 Å². The molecular weight excluding hydrogens is 591 g/mol. The lowest BCUT2D eigenvalue weighted by Crippen LogP contribution is -2.45. The highest BCUT2D eigenvalue weighted by Crippen LogP contribution is 2.43. The van der Waals surface area contributed by atoms with E-state index in [1.165, 1.54) is 5.69 Å². The Bertz CT molecular complexity index is 1610. The van der Waals surface area contributed by atoms with Crippen molar-refractivity contribution in [3.05, 3.63) is 42.1 Å². The van der Waals surface area contributed by atoms with Crippen LogP contribution >= 0.6 is 0 Å². The largest absolute Gasteiger partial charge is 0.447 e. The Labute approximate surface area is 275 Å². The Kier molecular flexibility index (Phi) is 9.01. The fourth-order valence-electron chi connectivity index (χ4n) is 8.09. The first kappa shape index (κ1) is 32.3. The molecule has 6 rings (SSSR count). The van der Waals surface area contributed by atoms with Gasteiger partial charge in [-0.1, -0.05) is 60.3 Å². The number of cyclic esters (lactones) is 1. The van der Waals surface area contributed by atoms with Gasteiger partial charge in [0.25, 0.3) is 0 Å². The van der Waals surface area contributed by atoms with Gasteiger partial charge in [-0.05, 0) is 66.8 Å². The Morgan fingerprint density at radius 1 is 0.935 bits per heavy atom. The van der Waals surface area contributed by atoms with Gasteiger partial charge in [-0.15, -0.1) is 5.54 Å². The van der Waals surface area contributed by atoms with Crippen LogP contribution in [0.4, 0.5) is 27.9 Å². The molecule has 1 amide bonds. The van der Waals surface area contributed by atoms with E-state index >= 15 is 0 Å². The van der Waals surface area contributed by atoms with Gasteiger partial charge in [-0.2, -0.15) is 4.98 Å². The van der Waals surface area contributed by atoms with Crippen molar-refractivity contribution < 1.29 is 9.53 Å². The van der Waals surface area contributed by atoms with Crippen LogP contribution in [-0.4, -0.2) is 79.4 Å². The highest BCUT2D eigenvalue weighted by atomic mass is 28.3. The predicted molar refractivity (Wildman–Crippen MR) is 190 cm³/mol. The molecule has 10 heteroatoms. The van der Waals surface area contributed by atoms with Crippen LogP contribution < -0.4 is 15.1 Å². The van der Waals surface area contributed by atoms with Crippen molar-refractivity contribution in [3.8, 4) is 11.5 Å². The van der Waals surface area contributed by atoms with E-state index in [0.29, 0.717) is 40.6 Å². The number of hydrogen-bond acceptors (Lipinski definition) is 8. The maximum absolute atomic E-state index is 13.2. The summed E-state index contributed by atoms with van der Waals surface area (Å²) in [7, 11) is 0.149. The number of carbonyl (C=O) groups is 1. The first-order chi connectivity index (χ1) is 22.0. The van der Waals surface area contributed by atoms with Gasteiger partial charge in [-0.25, -0.2) is 14.8 Å². The van der Waals surface area contributed by atoms with Crippen LogP contribution in [0.3, 0.4) is 0 Å². The van der Waals surface area contributed by atoms with Crippen molar-refractivity contribution >= 4 is 48.3 Å². The normalized spacial score (nSPS) is 18.6. The standard InChI is InChI=1S/C36H49N7O2Si/c1-25(2)46(26(3)4,27(5)6)21-14-28-22-32(43-35(44)45-24-36(43)15-8-9-16-36)39-33-31(28)23-37-34(40-33)38-29-10-12-30(13-11-29)42-19-17-41(7)18-20-42/h10-13,22-23,25-27H,8-9,15-20,24H2,1-7H3,(H,37,38,39,40). The Balaban J connectivity index is 1.39. The SMILES string of the molecule is CC(C)[Si](C#Cc1cc(N2C(=O)OCC23CCCC3)nc2nc(Nc3ccc(N4CCN(C)CC4)cc3)ncc12)(C(C)C)C(C)C. The van der Waals surface area contributed by atoms with Gasteiger partial charge in [0.1, 0.15) is 20.5 Å². The molecule has 9 nitrogen and oxygen atoms in total. The average Bonchev–Trinajstić information content (AvgIpc) is 3.63. The number of nitrogens with one attached hydrogen (secondary N) is 1. The van der Waals surface area contributed by atoms with Crippen LogP contribution in [0.2, 0.25) is 16.6 Å². The highest BCUT2D eigenvalue weighted by molar-refractivity contribution is 6.90. The molecule has 244 valence electrons. The molecule has 1 aliphatic carbocycles. The molecule has 1 N–H and O–H groups in total. The van der Waals surface area contributed by atoms with Crippen LogP contribution in [0.25, 0.3) is 11.0 Å². The van der Waals surface area contributed by atoms with Gasteiger partial charge < -0.3 is 19.9 Å². The lowest BCUT2D eigenvalue weighted by atomic mass is 9.97. The number of pyridine rings is 1. The molecule has 0 atom stereocenters. The summed E-state index contributed by atoms with van der Waals surface area (Å²) in [4.78, 5) is 34.4. The van der Waals surface area contributed by atoms with E-state index in [0.717, 1.165) is 68.5 Å². The first-order valence-corrected chi connectivity index (χ1v) is 19.2. The molecule has 3 aliphatic rings. The number of fused-ring (bicyclic) bond motifs is 1. The average molecular weight is 640 g/mol. The van der Waals surface area contributed by atoms with Crippen molar-refractivity contribution in [2.24, 2.45) is 0 Å². The van der Waals surface area contributed by atoms with Crippen molar-refractivity contribution in [2.45, 2.75) is 89.4 Å². The fourth-order valence-corrected chi connectivity index (χ4v) is 13.3. The van der Waals surface area contributed by atoms with Crippen LogP contribution in [-0.2, 0) is 4.74 Å². The minimum atomic E-state index is -2.02. The summed E-state index contributed by atoms with van der Waals surface area (Å²) < 4.78 is 5.65. The number of aromatic nitrogens is 3. The van der Waals surface area contributed by atoms with Crippen LogP contribution in [0.1, 0.15) is 72.8 Å².